The molecule has 92 valence electrons. The molecule has 0 bridgehead atoms. The van der Waals surface area contributed by atoms with Crippen LogP contribution in [0.3, 0.4) is 0 Å². The maximum atomic E-state index is 5.65. The monoisotopic (exact) mass is 242 g/mol. The van der Waals surface area contributed by atoms with E-state index in [0.717, 1.165) is 30.3 Å². The van der Waals surface area contributed by atoms with Gasteiger partial charge in [-0.3, -0.25) is 0 Å². The molecule has 0 saturated heterocycles. The van der Waals surface area contributed by atoms with E-state index in [0.29, 0.717) is 6.54 Å². The van der Waals surface area contributed by atoms with E-state index < -0.39 is 0 Å². The summed E-state index contributed by atoms with van der Waals surface area (Å²) in [6, 6.07) is 0. The van der Waals surface area contributed by atoms with Crippen molar-refractivity contribution in [3.8, 4) is 0 Å². The maximum Gasteiger partial charge on any atom is 0.185 e. The van der Waals surface area contributed by atoms with Crippen LogP contribution in [0.2, 0.25) is 0 Å². The van der Waals surface area contributed by atoms with E-state index in [1.807, 2.05) is 6.92 Å². The van der Waals surface area contributed by atoms with Crippen molar-refractivity contribution in [2.75, 3.05) is 39.1 Å². The molecule has 1 heterocycles. The smallest absolute Gasteiger partial charge is 0.185 e. The fourth-order valence-electron chi connectivity index (χ4n) is 1.49. The van der Waals surface area contributed by atoms with Gasteiger partial charge in [-0.25, -0.2) is 4.98 Å². The first kappa shape index (κ1) is 13.4. The van der Waals surface area contributed by atoms with Crippen LogP contribution < -0.4 is 10.6 Å². The van der Waals surface area contributed by atoms with Crippen molar-refractivity contribution < 1.29 is 0 Å². The summed E-state index contributed by atoms with van der Waals surface area (Å²) in [4.78, 5) is 10.1. The van der Waals surface area contributed by atoms with Crippen LogP contribution in [-0.4, -0.2) is 44.1 Å². The molecule has 0 aliphatic heterocycles. The average Bonchev–Trinajstić information content (AvgIpc) is 2.59. The van der Waals surface area contributed by atoms with Crippen molar-refractivity contribution in [2.45, 2.75) is 19.9 Å². The first-order valence-corrected chi connectivity index (χ1v) is 6.38. The highest BCUT2D eigenvalue weighted by atomic mass is 32.1. The second-order valence-electron chi connectivity index (χ2n) is 4.29. The lowest BCUT2D eigenvalue weighted by atomic mass is 10.4. The fourth-order valence-corrected chi connectivity index (χ4v) is 2.41. The van der Waals surface area contributed by atoms with Crippen LogP contribution in [-0.2, 0) is 6.54 Å². The number of hydrogen-bond donors (Lipinski definition) is 1. The average molecular weight is 242 g/mol. The van der Waals surface area contributed by atoms with Crippen LogP contribution in [0, 0.1) is 6.92 Å². The van der Waals surface area contributed by atoms with Gasteiger partial charge in [0.05, 0.1) is 5.69 Å². The molecule has 0 fully saturated rings. The van der Waals surface area contributed by atoms with Gasteiger partial charge in [0.15, 0.2) is 5.13 Å². The molecule has 4 nitrogen and oxygen atoms in total. The molecular formula is C11H22N4S. The summed E-state index contributed by atoms with van der Waals surface area (Å²) in [5.41, 5.74) is 6.72. The molecule has 0 atom stereocenters. The number of hydrogen-bond acceptors (Lipinski definition) is 5. The zero-order chi connectivity index (χ0) is 12.1. The molecule has 0 aliphatic carbocycles. The van der Waals surface area contributed by atoms with E-state index in [1.165, 1.54) is 4.88 Å². The molecular weight excluding hydrogens is 220 g/mol. The number of nitrogens with zero attached hydrogens (tertiary/aromatic N) is 3. The van der Waals surface area contributed by atoms with Crippen molar-refractivity contribution in [1.29, 1.82) is 0 Å². The Bertz CT molecular complexity index is 322. The van der Waals surface area contributed by atoms with Gasteiger partial charge >= 0.3 is 0 Å². The van der Waals surface area contributed by atoms with Gasteiger partial charge in [0.25, 0.3) is 0 Å². The lowest BCUT2D eigenvalue weighted by Crippen LogP contribution is -2.23. The minimum absolute atomic E-state index is 0.592. The van der Waals surface area contributed by atoms with Gasteiger partial charge < -0.3 is 15.5 Å². The van der Waals surface area contributed by atoms with Crippen LogP contribution in [0.25, 0.3) is 0 Å². The van der Waals surface area contributed by atoms with Gasteiger partial charge in [-0.15, -0.1) is 11.3 Å². The number of nitrogens with two attached hydrogens (primary N) is 1. The van der Waals surface area contributed by atoms with Crippen molar-refractivity contribution in [3.05, 3.63) is 10.6 Å². The van der Waals surface area contributed by atoms with Crippen LogP contribution in [0.4, 0.5) is 5.13 Å². The molecule has 0 amide bonds. The fraction of sp³-hybridized carbons (Fsp3) is 0.727. The van der Waals surface area contributed by atoms with E-state index in [9.17, 15) is 0 Å². The number of anilines is 1. The first-order chi connectivity index (χ1) is 7.54. The second-order valence-corrected chi connectivity index (χ2v) is 5.35. The summed E-state index contributed by atoms with van der Waals surface area (Å²) in [5, 5.41) is 1.08. The summed E-state index contributed by atoms with van der Waals surface area (Å²) in [5.74, 6) is 0. The summed E-state index contributed by atoms with van der Waals surface area (Å²) < 4.78 is 0. The molecule has 0 unspecified atom stereocenters. The Morgan fingerprint density at radius 2 is 1.94 bits per heavy atom. The van der Waals surface area contributed by atoms with Crippen molar-refractivity contribution in [2.24, 2.45) is 5.73 Å². The van der Waals surface area contributed by atoms with Crippen LogP contribution in [0.15, 0.2) is 0 Å². The van der Waals surface area contributed by atoms with Gasteiger partial charge in [0.1, 0.15) is 0 Å². The van der Waals surface area contributed by atoms with Crippen molar-refractivity contribution >= 4 is 16.5 Å². The number of aromatic nitrogens is 1. The third-order valence-corrected chi connectivity index (χ3v) is 3.79. The lowest BCUT2D eigenvalue weighted by molar-refractivity contribution is 0.401. The molecule has 0 radical (unpaired) electrons. The highest BCUT2D eigenvalue weighted by Crippen LogP contribution is 2.24. The lowest BCUT2D eigenvalue weighted by Gasteiger charge is -2.17. The molecule has 0 aliphatic rings. The predicted octanol–water partition coefficient (Wildman–Crippen LogP) is 1.30. The third kappa shape index (κ3) is 3.73. The molecule has 1 aromatic heterocycles. The summed E-state index contributed by atoms with van der Waals surface area (Å²) in [6.45, 7) is 4.76. The predicted molar refractivity (Wildman–Crippen MR) is 71.2 cm³/mol. The molecule has 5 heteroatoms. The third-order valence-electron chi connectivity index (χ3n) is 2.49. The van der Waals surface area contributed by atoms with Gasteiger partial charge in [0.2, 0.25) is 0 Å². The molecule has 1 rings (SSSR count). The molecule has 0 aromatic carbocycles. The Morgan fingerprint density at radius 1 is 1.25 bits per heavy atom. The maximum absolute atomic E-state index is 5.65. The van der Waals surface area contributed by atoms with Crippen LogP contribution in [0.5, 0.6) is 0 Å². The zero-order valence-electron chi connectivity index (χ0n) is 10.7. The molecule has 2 N–H and O–H groups in total. The highest BCUT2D eigenvalue weighted by molar-refractivity contribution is 7.15. The Kier molecular flexibility index (Phi) is 5.18. The Balaban J connectivity index is 2.49. The van der Waals surface area contributed by atoms with E-state index >= 15 is 0 Å². The zero-order valence-corrected chi connectivity index (χ0v) is 11.5. The van der Waals surface area contributed by atoms with Crippen molar-refractivity contribution in [3.63, 3.8) is 0 Å². The topological polar surface area (TPSA) is 45.4 Å². The van der Waals surface area contributed by atoms with Crippen LogP contribution >= 0.6 is 11.3 Å². The minimum atomic E-state index is 0.592. The SMILES string of the molecule is Cc1nc(N(C)CCCN(C)C)sc1CN. The first-order valence-electron chi connectivity index (χ1n) is 5.56. The molecule has 0 saturated carbocycles. The largest absolute Gasteiger partial charge is 0.351 e. The molecule has 0 spiro atoms. The van der Waals surface area contributed by atoms with Gasteiger partial charge in [0, 0.05) is 25.0 Å². The number of thiazole rings is 1. The Hall–Kier alpha value is -0.650. The van der Waals surface area contributed by atoms with Gasteiger partial charge in [-0.1, -0.05) is 0 Å². The van der Waals surface area contributed by atoms with Crippen molar-refractivity contribution in [1.82, 2.24) is 9.88 Å². The minimum Gasteiger partial charge on any atom is -0.351 e. The standard InChI is InChI=1S/C11H22N4S/c1-9-10(8-12)16-11(13-9)15(4)7-5-6-14(2)3/h5-8,12H2,1-4H3. The van der Waals surface area contributed by atoms with Gasteiger partial charge in [-0.05, 0) is 34.0 Å². The Labute approximate surface area is 102 Å². The summed E-state index contributed by atoms with van der Waals surface area (Å²) in [6.07, 6.45) is 1.15. The summed E-state index contributed by atoms with van der Waals surface area (Å²) in [7, 11) is 6.29. The summed E-state index contributed by atoms with van der Waals surface area (Å²) >= 11 is 1.70. The highest BCUT2D eigenvalue weighted by Gasteiger charge is 2.09. The Morgan fingerprint density at radius 3 is 2.44 bits per heavy atom. The van der Waals surface area contributed by atoms with E-state index in [-0.39, 0.29) is 0 Å². The van der Waals surface area contributed by atoms with E-state index in [2.05, 4.69) is 35.9 Å². The second kappa shape index (κ2) is 6.18. The quantitative estimate of drug-likeness (QED) is 0.817. The van der Waals surface area contributed by atoms with E-state index in [1.54, 1.807) is 11.3 Å². The van der Waals surface area contributed by atoms with Crippen LogP contribution in [0.1, 0.15) is 17.0 Å². The number of aryl methyl sites for hydroxylation is 1. The number of rotatable bonds is 6. The normalized spacial score (nSPS) is 11.1. The molecule has 1 aromatic rings. The van der Waals surface area contributed by atoms with Gasteiger partial charge in [-0.2, -0.15) is 0 Å². The molecule has 16 heavy (non-hydrogen) atoms. The van der Waals surface area contributed by atoms with E-state index in [4.69, 9.17) is 5.73 Å².